The largest absolute Gasteiger partial charge is 0.433 e. The standard InChI is InChI=1S/C24H23F2N3O4/c1-23(25,26)32-16-7-5-15(6-8-16)22-27-21(28-33-22)18-3-2-4-19-17(18)9-10-24(19)13-20(31)29(14-24)11-12-30/h2-8,30H,9-14H2,1H3. The highest BCUT2D eigenvalue weighted by Crippen LogP contribution is 2.48. The fourth-order valence-corrected chi connectivity index (χ4v) is 4.97. The number of aromatic nitrogens is 2. The Morgan fingerprint density at radius 1 is 1.24 bits per heavy atom. The lowest BCUT2D eigenvalue weighted by Crippen LogP contribution is -2.32. The predicted octanol–water partition coefficient (Wildman–Crippen LogP) is 3.80. The molecule has 2 aromatic carbocycles. The Hall–Kier alpha value is -3.33. The van der Waals surface area contributed by atoms with E-state index in [9.17, 15) is 18.7 Å². The summed E-state index contributed by atoms with van der Waals surface area (Å²) in [4.78, 5) is 18.7. The average molecular weight is 455 g/mol. The number of ether oxygens (including phenoxy) is 1. The minimum absolute atomic E-state index is 0.0403. The molecule has 0 bridgehead atoms. The van der Waals surface area contributed by atoms with E-state index < -0.39 is 6.11 Å². The number of aliphatic hydroxyl groups excluding tert-OH is 1. The van der Waals surface area contributed by atoms with Crippen molar-refractivity contribution in [3.05, 3.63) is 53.6 Å². The van der Waals surface area contributed by atoms with Gasteiger partial charge in [0, 0.05) is 43.0 Å². The number of alkyl halides is 2. The predicted molar refractivity (Wildman–Crippen MR) is 115 cm³/mol. The molecule has 2 heterocycles. The van der Waals surface area contributed by atoms with Crippen LogP contribution in [0.1, 0.15) is 30.9 Å². The summed E-state index contributed by atoms with van der Waals surface area (Å²) in [6.07, 6.45) is -1.18. The van der Waals surface area contributed by atoms with Crippen molar-refractivity contribution in [1.29, 1.82) is 0 Å². The molecule has 7 nitrogen and oxygen atoms in total. The van der Waals surface area contributed by atoms with Crippen molar-refractivity contribution in [1.82, 2.24) is 15.0 Å². The summed E-state index contributed by atoms with van der Waals surface area (Å²) < 4.78 is 36.1. The third-order valence-electron chi connectivity index (χ3n) is 6.37. The Labute approximate surface area is 189 Å². The van der Waals surface area contributed by atoms with E-state index in [2.05, 4.69) is 20.9 Å². The van der Waals surface area contributed by atoms with Crippen molar-refractivity contribution in [3.63, 3.8) is 0 Å². The Morgan fingerprint density at radius 3 is 2.76 bits per heavy atom. The number of hydrogen-bond acceptors (Lipinski definition) is 6. The van der Waals surface area contributed by atoms with Gasteiger partial charge in [-0.3, -0.25) is 4.79 Å². The molecule has 1 aromatic heterocycles. The van der Waals surface area contributed by atoms with Crippen LogP contribution >= 0.6 is 0 Å². The third-order valence-corrected chi connectivity index (χ3v) is 6.37. The minimum atomic E-state index is -3.26. The zero-order valence-corrected chi connectivity index (χ0v) is 18.1. The van der Waals surface area contributed by atoms with Crippen molar-refractivity contribution >= 4 is 5.91 Å². The highest BCUT2D eigenvalue weighted by Gasteiger charge is 2.48. The van der Waals surface area contributed by atoms with Crippen LogP contribution in [-0.2, 0) is 16.6 Å². The Bertz CT molecular complexity index is 1190. The maximum absolute atomic E-state index is 13.0. The summed E-state index contributed by atoms with van der Waals surface area (Å²) in [5, 5.41) is 13.4. The number of likely N-dealkylation sites (tertiary alicyclic amines) is 1. The van der Waals surface area contributed by atoms with Crippen LogP contribution < -0.4 is 4.74 Å². The van der Waals surface area contributed by atoms with Crippen LogP contribution in [0.25, 0.3) is 22.8 Å². The highest BCUT2D eigenvalue weighted by molar-refractivity contribution is 5.82. The maximum Gasteiger partial charge on any atom is 0.394 e. The summed E-state index contributed by atoms with van der Waals surface area (Å²) >= 11 is 0. The summed E-state index contributed by atoms with van der Waals surface area (Å²) in [5.41, 5.74) is 3.43. The second-order valence-corrected chi connectivity index (χ2v) is 8.69. The number of halogens is 2. The molecule has 1 saturated heterocycles. The van der Waals surface area contributed by atoms with Gasteiger partial charge < -0.3 is 19.3 Å². The molecular weight excluding hydrogens is 432 g/mol. The van der Waals surface area contributed by atoms with Gasteiger partial charge in [-0.25, -0.2) is 0 Å². The van der Waals surface area contributed by atoms with E-state index in [1.165, 1.54) is 12.1 Å². The lowest BCUT2D eigenvalue weighted by molar-refractivity contribution is -0.158. The lowest BCUT2D eigenvalue weighted by Gasteiger charge is -2.24. The van der Waals surface area contributed by atoms with E-state index >= 15 is 0 Å². The van der Waals surface area contributed by atoms with Crippen LogP contribution in [0, 0.1) is 0 Å². The van der Waals surface area contributed by atoms with Crippen LogP contribution in [0.4, 0.5) is 8.78 Å². The van der Waals surface area contributed by atoms with E-state index in [1.54, 1.807) is 17.0 Å². The topological polar surface area (TPSA) is 88.7 Å². The van der Waals surface area contributed by atoms with Gasteiger partial charge in [-0.1, -0.05) is 23.4 Å². The molecule has 1 aliphatic carbocycles. The smallest absolute Gasteiger partial charge is 0.394 e. The molecule has 0 radical (unpaired) electrons. The zero-order chi connectivity index (χ0) is 23.2. The van der Waals surface area contributed by atoms with E-state index in [0.717, 1.165) is 29.5 Å². The SMILES string of the molecule is CC(F)(F)Oc1ccc(-c2nc(-c3cccc4c3CCC43CC(=O)N(CCO)C3)no2)cc1. The number of carbonyl (C=O) groups is 1. The molecule has 1 atom stereocenters. The van der Waals surface area contributed by atoms with Gasteiger partial charge in [0.15, 0.2) is 0 Å². The quantitative estimate of drug-likeness (QED) is 0.608. The molecule has 9 heteroatoms. The number of nitrogens with zero attached hydrogens (tertiary/aromatic N) is 3. The van der Waals surface area contributed by atoms with Crippen molar-refractivity contribution in [2.24, 2.45) is 0 Å². The zero-order valence-electron chi connectivity index (χ0n) is 18.1. The monoisotopic (exact) mass is 455 g/mol. The Kier molecular flexibility index (Phi) is 5.16. The van der Waals surface area contributed by atoms with E-state index in [1.807, 2.05) is 12.1 Å². The minimum Gasteiger partial charge on any atom is -0.433 e. The van der Waals surface area contributed by atoms with Gasteiger partial charge in [0.2, 0.25) is 11.7 Å². The summed E-state index contributed by atoms with van der Waals surface area (Å²) in [7, 11) is 0. The van der Waals surface area contributed by atoms with Gasteiger partial charge >= 0.3 is 6.11 Å². The molecule has 2 aliphatic rings. The summed E-state index contributed by atoms with van der Waals surface area (Å²) in [6.45, 7) is 1.59. The van der Waals surface area contributed by atoms with Gasteiger partial charge in [-0.2, -0.15) is 13.8 Å². The number of benzene rings is 2. The van der Waals surface area contributed by atoms with Gasteiger partial charge in [0.25, 0.3) is 5.89 Å². The fraction of sp³-hybridized carbons (Fsp3) is 0.375. The first-order chi connectivity index (χ1) is 15.8. The number of hydrogen-bond donors (Lipinski definition) is 1. The third kappa shape index (κ3) is 3.97. The number of amides is 1. The molecule has 1 aliphatic heterocycles. The van der Waals surface area contributed by atoms with Crippen LogP contribution in [0.15, 0.2) is 47.0 Å². The van der Waals surface area contributed by atoms with Crippen LogP contribution in [0.5, 0.6) is 5.75 Å². The second kappa shape index (κ2) is 7.91. The first kappa shape index (κ1) is 21.5. The molecule has 5 rings (SSSR count). The second-order valence-electron chi connectivity index (χ2n) is 8.69. The average Bonchev–Trinajstić information content (AvgIpc) is 3.47. The molecule has 1 fully saturated rings. The Morgan fingerprint density at radius 2 is 2.03 bits per heavy atom. The van der Waals surface area contributed by atoms with Crippen LogP contribution in [0.2, 0.25) is 0 Å². The maximum atomic E-state index is 13.0. The molecule has 1 amide bonds. The number of fused-ring (bicyclic) bond motifs is 2. The van der Waals surface area contributed by atoms with Gasteiger partial charge in [0.1, 0.15) is 5.75 Å². The molecule has 0 saturated carbocycles. The van der Waals surface area contributed by atoms with E-state index in [-0.39, 0.29) is 29.6 Å². The fourth-order valence-electron chi connectivity index (χ4n) is 4.97. The number of carbonyl (C=O) groups excluding carboxylic acids is 1. The molecule has 3 aromatic rings. The van der Waals surface area contributed by atoms with Gasteiger partial charge in [-0.05, 0) is 48.2 Å². The number of rotatable bonds is 6. The lowest BCUT2D eigenvalue weighted by atomic mass is 9.80. The molecule has 1 spiro atoms. The molecule has 1 unspecified atom stereocenters. The Balaban J connectivity index is 1.42. The molecule has 172 valence electrons. The van der Waals surface area contributed by atoms with Crippen molar-refractivity contribution in [2.75, 3.05) is 19.7 Å². The summed E-state index contributed by atoms with van der Waals surface area (Å²) in [6, 6.07) is 12.0. The van der Waals surface area contributed by atoms with Crippen LogP contribution in [0.3, 0.4) is 0 Å². The normalized spacial score (nSPS) is 20.0. The molecular formula is C24H23F2N3O4. The highest BCUT2D eigenvalue weighted by atomic mass is 19.3. The van der Waals surface area contributed by atoms with Crippen molar-refractivity contribution in [2.45, 2.75) is 37.7 Å². The van der Waals surface area contributed by atoms with Gasteiger partial charge in [-0.15, -0.1) is 0 Å². The first-order valence-electron chi connectivity index (χ1n) is 10.8. The summed E-state index contributed by atoms with van der Waals surface area (Å²) in [5.74, 6) is 0.821. The number of β-amino-alcohol motifs (C(OH)–C–C–N with tert-alkyl or cyclic N) is 1. The van der Waals surface area contributed by atoms with Crippen molar-refractivity contribution in [3.8, 4) is 28.6 Å². The van der Waals surface area contributed by atoms with Crippen LogP contribution in [-0.4, -0.2) is 51.9 Å². The van der Waals surface area contributed by atoms with Gasteiger partial charge in [0.05, 0.1) is 6.61 Å². The molecule has 33 heavy (non-hydrogen) atoms. The van der Waals surface area contributed by atoms with Crippen molar-refractivity contribution < 1.29 is 27.9 Å². The number of aliphatic hydroxyl groups is 1. The van der Waals surface area contributed by atoms with E-state index in [0.29, 0.717) is 37.8 Å². The molecule has 1 N–H and O–H groups in total. The van der Waals surface area contributed by atoms with E-state index in [4.69, 9.17) is 4.52 Å². The first-order valence-corrected chi connectivity index (χ1v) is 10.8.